The van der Waals surface area contributed by atoms with Crippen molar-refractivity contribution in [3.05, 3.63) is 106 Å². The van der Waals surface area contributed by atoms with E-state index in [9.17, 15) is 20.0 Å². The van der Waals surface area contributed by atoms with Crippen LogP contribution in [0.1, 0.15) is 31.3 Å². The molecule has 0 unspecified atom stereocenters. The topological polar surface area (TPSA) is 144 Å². The summed E-state index contributed by atoms with van der Waals surface area (Å²) < 4.78 is 0. The number of phenolic OH excluding ortho intramolecular Hbond substituents is 1. The van der Waals surface area contributed by atoms with Gasteiger partial charge in [-0.25, -0.2) is 9.97 Å². The lowest BCUT2D eigenvalue weighted by Gasteiger charge is -2.14. The van der Waals surface area contributed by atoms with Gasteiger partial charge < -0.3 is 20.7 Å². The van der Waals surface area contributed by atoms with Gasteiger partial charge in [0.05, 0.1) is 22.6 Å². The molecule has 0 aliphatic heterocycles. The summed E-state index contributed by atoms with van der Waals surface area (Å²) in [4.78, 5) is 37.8. The standard InChI is InChI=1S/C29H22N6O3S/c30-15-23-22(18-5-3-6-19(13-18)28(37)32-11-10-20-16-31-17-33-20)14-24(21-7-1-2-8-25(21)36)34-27(23)35-29(38)26-9-4-12-39-26/h1-9,12-14,16-17,36H,10-11H2,(H,31,33)(H,32,37)(H,34,35,38). The van der Waals surface area contributed by atoms with Crippen molar-refractivity contribution in [3.8, 4) is 34.2 Å². The van der Waals surface area contributed by atoms with Gasteiger partial charge >= 0.3 is 0 Å². The number of nitrogens with zero attached hydrogens (tertiary/aromatic N) is 3. The summed E-state index contributed by atoms with van der Waals surface area (Å²) in [6, 6.07) is 20.8. The van der Waals surface area contributed by atoms with Crippen LogP contribution < -0.4 is 10.6 Å². The number of thiophene rings is 1. The second kappa shape index (κ2) is 11.4. The number of hydrogen-bond donors (Lipinski definition) is 4. The van der Waals surface area contributed by atoms with Crippen molar-refractivity contribution in [1.82, 2.24) is 20.3 Å². The molecule has 0 aliphatic carbocycles. The summed E-state index contributed by atoms with van der Waals surface area (Å²) >= 11 is 1.27. The molecule has 2 aromatic carbocycles. The molecule has 0 bridgehead atoms. The van der Waals surface area contributed by atoms with E-state index in [1.807, 2.05) is 0 Å². The number of anilines is 1. The number of H-pyrrole nitrogens is 1. The Morgan fingerprint density at radius 3 is 2.64 bits per heavy atom. The van der Waals surface area contributed by atoms with Crippen molar-refractivity contribution >= 4 is 29.0 Å². The first-order valence-corrected chi connectivity index (χ1v) is 12.9. The van der Waals surface area contributed by atoms with Crippen LogP contribution in [-0.2, 0) is 6.42 Å². The Morgan fingerprint density at radius 2 is 1.90 bits per heavy atom. The summed E-state index contributed by atoms with van der Waals surface area (Å²) in [5, 5.41) is 28.0. The van der Waals surface area contributed by atoms with Gasteiger partial charge in [0.15, 0.2) is 5.82 Å². The minimum Gasteiger partial charge on any atom is -0.507 e. The Morgan fingerprint density at radius 1 is 1.03 bits per heavy atom. The molecule has 5 aromatic rings. The van der Waals surface area contributed by atoms with E-state index in [1.165, 1.54) is 17.4 Å². The van der Waals surface area contributed by atoms with Crippen LogP contribution in [0.2, 0.25) is 0 Å². The van der Waals surface area contributed by atoms with E-state index < -0.39 is 5.91 Å². The van der Waals surface area contributed by atoms with Crippen LogP contribution in [0.15, 0.2) is 84.6 Å². The van der Waals surface area contributed by atoms with Crippen LogP contribution in [0.4, 0.5) is 5.82 Å². The van der Waals surface area contributed by atoms with Crippen LogP contribution in [0.3, 0.4) is 0 Å². The maximum atomic E-state index is 12.9. The summed E-state index contributed by atoms with van der Waals surface area (Å²) in [6.45, 7) is 0.406. The van der Waals surface area contributed by atoms with E-state index in [0.717, 1.165) is 5.69 Å². The van der Waals surface area contributed by atoms with Crippen molar-refractivity contribution < 1.29 is 14.7 Å². The molecule has 0 radical (unpaired) electrons. The maximum absolute atomic E-state index is 12.9. The summed E-state index contributed by atoms with van der Waals surface area (Å²) in [5.74, 6) is -0.617. The predicted molar refractivity (Wildman–Crippen MR) is 148 cm³/mol. The van der Waals surface area contributed by atoms with E-state index in [0.29, 0.717) is 45.8 Å². The highest BCUT2D eigenvalue weighted by molar-refractivity contribution is 7.12. The molecule has 3 heterocycles. The van der Waals surface area contributed by atoms with Gasteiger partial charge in [0, 0.05) is 35.9 Å². The zero-order chi connectivity index (χ0) is 27.2. The van der Waals surface area contributed by atoms with E-state index >= 15 is 0 Å². The first-order valence-electron chi connectivity index (χ1n) is 12.0. The molecule has 3 aromatic heterocycles. The van der Waals surface area contributed by atoms with Gasteiger partial charge in [0.1, 0.15) is 17.4 Å². The van der Waals surface area contributed by atoms with E-state index in [-0.39, 0.29) is 23.0 Å². The number of hydrogen-bond acceptors (Lipinski definition) is 7. The second-order valence-corrected chi connectivity index (χ2v) is 9.43. The molecule has 4 N–H and O–H groups in total. The third kappa shape index (κ3) is 5.69. The van der Waals surface area contributed by atoms with Crippen LogP contribution in [0, 0.1) is 11.3 Å². The monoisotopic (exact) mass is 534 g/mol. The number of aromatic hydroxyl groups is 1. The lowest BCUT2D eigenvalue weighted by Crippen LogP contribution is -2.25. The lowest BCUT2D eigenvalue weighted by molar-refractivity contribution is 0.0953. The molecular formula is C29H22N6O3S. The first-order chi connectivity index (χ1) is 19.0. The number of nitriles is 1. The van der Waals surface area contributed by atoms with Crippen LogP contribution in [-0.4, -0.2) is 38.4 Å². The first kappa shape index (κ1) is 25.4. The fraction of sp³-hybridized carbons (Fsp3) is 0.0690. The molecule has 2 amide bonds. The van der Waals surface area contributed by atoms with Gasteiger partial charge in [-0.3, -0.25) is 9.59 Å². The molecule has 0 aliphatic rings. The quantitative estimate of drug-likeness (QED) is 0.220. The number of benzene rings is 2. The van der Waals surface area contributed by atoms with Gasteiger partial charge in [-0.2, -0.15) is 5.26 Å². The molecule has 39 heavy (non-hydrogen) atoms. The SMILES string of the molecule is N#Cc1c(-c2cccc(C(=O)NCCc3c[nH]cn3)c2)cc(-c2ccccc2O)nc1NC(=O)c1cccs1. The molecule has 5 rings (SSSR count). The van der Waals surface area contributed by atoms with Gasteiger partial charge in [-0.15, -0.1) is 11.3 Å². The number of para-hydroxylation sites is 1. The highest BCUT2D eigenvalue weighted by Crippen LogP contribution is 2.35. The number of imidazole rings is 1. The Kier molecular flexibility index (Phi) is 7.43. The summed E-state index contributed by atoms with van der Waals surface area (Å²) in [7, 11) is 0. The second-order valence-electron chi connectivity index (χ2n) is 8.49. The number of carbonyl (C=O) groups excluding carboxylic acids is 2. The van der Waals surface area contributed by atoms with Crippen LogP contribution >= 0.6 is 11.3 Å². The molecule has 10 heteroatoms. The number of phenols is 1. The number of pyridine rings is 1. The lowest BCUT2D eigenvalue weighted by atomic mass is 9.96. The predicted octanol–water partition coefficient (Wildman–Crippen LogP) is 5.00. The van der Waals surface area contributed by atoms with E-state index in [1.54, 1.807) is 78.6 Å². The Balaban J connectivity index is 1.53. The van der Waals surface area contributed by atoms with Gasteiger partial charge in [-0.1, -0.05) is 30.3 Å². The van der Waals surface area contributed by atoms with Gasteiger partial charge in [0.25, 0.3) is 11.8 Å². The Labute approximate surface area is 227 Å². The van der Waals surface area contributed by atoms with Gasteiger partial charge in [0.2, 0.25) is 0 Å². The number of carbonyl (C=O) groups is 2. The van der Waals surface area contributed by atoms with E-state index in [2.05, 4.69) is 31.7 Å². The third-order valence-corrected chi connectivity index (χ3v) is 6.81. The Hall–Kier alpha value is -5.27. The fourth-order valence-corrected chi connectivity index (χ4v) is 4.66. The zero-order valence-corrected chi connectivity index (χ0v) is 21.3. The van der Waals surface area contributed by atoms with Crippen molar-refractivity contribution in [2.24, 2.45) is 0 Å². The smallest absolute Gasteiger partial charge is 0.266 e. The largest absolute Gasteiger partial charge is 0.507 e. The molecule has 192 valence electrons. The maximum Gasteiger partial charge on any atom is 0.266 e. The number of amides is 2. The number of nitrogens with one attached hydrogen (secondary N) is 3. The normalized spacial score (nSPS) is 10.5. The highest BCUT2D eigenvalue weighted by Gasteiger charge is 2.20. The van der Waals surface area contributed by atoms with Crippen molar-refractivity contribution in [1.29, 1.82) is 5.26 Å². The van der Waals surface area contributed by atoms with Gasteiger partial charge in [-0.05, 0) is 47.3 Å². The molecule has 9 nitrogen and oxygen atoms in total. The molecule has 0 saturated carbocycles. The van der Waals surface area contributed by atoms with Crippen molar-refractivity contribution in [3.63, 3.8) is 0 Å². The number of aromatic amines is 1. The van der Waals surface area contributed by atoms with E-state index in [4.69, 9.17) is 0 Å². The molecule has 0 fully saturated rings. The molecular weight excluding hydrogens is 512 g/mol. The average Bonchev–Trinajstić information content (AvgIpc) is 3.68. The summed E-state index contributed by atoms with van der Waals surface area (Å²) in [5.41, 5.74) is 3.21. The number of aromatic nitrogens is 3. The molecule has 0 saturated heterocycles. The van der Waals surface area contributed by atoms with Crippen LogP contribution in [0.5, 0.6) is 5.75 Å². The minimum atomic E-state index is -0.403. The average molecular weight is 535 g/mol. The van der Waals surface area contributed by atoms with Crippen molar-refractivity contribution in [2.45, 2.75) is 6.42 Å². The molecule has 0 atom stereocenters. The van der Waals surface area contributed by atoms with Crippen molar-refractivity contribution in [2.75, 3.05) is 11.9 Å². The molecule has 0 spiro atoms. The minimum absolute atomic E-state index is 0.00114. The Bertz CT molecular complexity index is 1670. The fourth-order valence-electron chi connectivity index (χ4n) is 4.04. The summed E-state index contributed by atoms with van der Waals surface area (Å²) in [6.07, 6.45) is 3.94. The highest BCUT2D eigenvalue weighted by atomic mass is 32.1. The van der Waals surface area contributed by atoms with Crippen LogP contribution in [0.25, 0.3) is 22.4 Å². The third-order valence-electron chi connectivity index (χ3n) is 5.95. The zero-order valence-electron chi connectivity index (χ0n) is 20.5. The number of rotatable bonds is 8.